The van der Waals surface area contributed by atoms with E-state index in [0.29, 0.717) is 78.3 Å². The lowest BCUT2D eigenvalue weighted by atomic mass is 9.44. The summed E-state index contributed by atoms with van der Waals surface area (Å²) in [7, 11) is 1.89. The molecule has 15 nitrogen and oxygen atoms in total. The van der Waals surface area contributed by atoms with Crippen LogP contribution in [0.1, 0.15) is 148 Å². The third-order valence-electron chi connectivity index (χ3n) is 16.1. The van der Waals surface area contributed by atoms with Gasteiger partial charge < -0.3 is 36.6 Å². The van der Waals surface area contributed by atoms with Gasteiger partial charge in [-0.2, -0.15) is 23.5 Å². The number of carbonyl (C=O) groups is 4. The van der Waals surface area contributed by atoms with E-state index in [1.807, 2.05) is 25.8 Å². The maximum atomic E-state index is 17.5. The van der Waals surface area contributed by atoms with Gasteiger partial charge >= 0.3 is 5.97 Å². The van der Waals surface area contributed by atoms with Crippen LogP contribution in [0.5, 0.6) is 0 Å². The smallest absolute Gasteiger partial charge is 0.326 e. The van der Waals surface area contributed by atoms with E-state index in [2.05, 4.69) is 30.6 Å². The van der Waals surface area contributed by atoms with Crippen molar-refractivity contribution in [3.05, 3.63) is 71.3 Å². The number of allylic oxidation sites excluding steroid dienone is 4. The van der Waals surface area contributed by atoms with Crippen molar-refractivity contribution in [3.63, 3.8) is 0 Å². The van der Waals surface area contributed by atoms with Crippen molar-refractivity contribution in [2.75, 3.05) is 47.2 Å². The summed E-state index contributed by atoms with van der Waals surface area (Å²) in [6.07, 6.45) is 15.7. The van der Waals surface area contributed by atoms with E-state index >= 15 is 4.39 Å². The first-order chi connectivity index (χ1) is 38.8. The van der Waals surface area contributed by atoms with Gasteiger partial charge in [-0.25, -0.2) is 29.1 Å². The van der Waals surface area contributed by atoms with Gasteiger partial charge in [-0.05, 0) is 124 Å². The Morgan fingerprint density at radius 2 is 1.64 bits per heavy atom. The lowest BCUT2D eigenvalue weighted by molar-refractivity contribution is -0.219. The number of thioether (sulfide) groups is 2. The number of aliphatic carboxylic acids is 1. The number of unbranched alkanes of at least 4 members (excludes halogenated alkanes) is 7. The fourth-order valence-electron chi connectivity index (χ4n) is 12.1. The first-order valence-electron chi connectivity index (χ1n) is 30.4. The average Bonchev–Trinajstić information content (AvgIpc) is 3.80. The van der Waals surface area contributed by atoms with Crippen LogP contribution < -0.4 is 21.3 Å². The molecule has 2 heterocycles. The van der Waals surface area contributed by atoms with Gasteiger partial charge in [0.25, 0.3) is 11.8 Å². The number of amides is 2. The topological polar surface area (TPSA) is 234 Å². The first-order valence-corrected chi connectivity index (χ1v) is 27.7. The number of rotatable bonds is 24. The molecule has 404 valence electrons. The standard InChI is InChI=1S/C53H73FN8O7S2.CH4.5H2/c1-33-28-41-40-19-16-36-29-39(63)20-22-50(36,3)52(40,54)43(64)30-51(41,4)53(33,69)49(68)56-23-27-71-25-13-11-9-7-6-8-10-12-24-70-26-21-42(48(66)67)61-47(65)35-14-17-38(18-15-35)62(5)32-37-31-57-46-44(60-37)45(55)58-34(2)59-46;;;;;;/h14-15,17-18,20,22,29,31,33,40-43,64,69H,6-13,16,19,21,23-28,30,32H2,1-5H3,(H,56,68)(H,61,65)(H,66,67)(H2,55,57,58,59);1H4;5*1H/t33-,40?,41+,42+,43+,50+,51+,52+,53+;;;;;;/m1....../s1/i;;5*1+1D. The minimum Gasteiger partial charge on any atom is -0.480 e. The molecule has 7 N–H and O–H groups in total. The number of carboxylic acids is 1. The largest absolute Gasteiger partial charge is 0.480 e. The molecule has 7 rings (SSSR count). The molecule has 3 aromatic rings. The molecule has 0 spiro atoms. The van der Waals surface area contributed by atoms with Gasteiger partial charge in [0.2, 0.25) is 0 Å². The lowest BCUT2D eigenvalue weighted by Crippen LogP contribution is -2.70. The number of carbonyl (C=O) groups excluding carboxylic acids is 3. The Balaban J connectivity index is 0.00000290. The summed E-state index contributed by atoms with van der Waals surface area (Å²) < 4.78 is 67.5. The number of benzene rings is 1. The zero-order valence-electron chi connectivity index (χ0n) is 51.9. The number of hydrogen-bond acceptors (Lipinski definition) is 14. The minimum absolute atomic E-state index is 0. The second kappa shape index (κ2) is 24.1. The van der Waals surface area contributed by atoms with E-state index in [4.69, 9.17) is 20.6 Å². The average molecular weight is 1050 g/mol. The number of nitrogens with one attached hydrogen (secondary N) is 2. The van der Waals surface area contributed by atoms with Crippen molar-refractivity contribution < 1.29 is 53.7 Å². The van der Waals surface area contributed by atoms with Crippen LogP contribution in [0.3, 0.4) is 0 Å². The van der Waals surface area contributed by atoms with E-state index in [1.165, 1.54) is 31.4 Å². The van der Waals surface area contributed by atoms with Crippen LogP contribution in [0.25, 0.3) is 11.2 Å². The summed E-state index contributed by atoms with van der Waals surface area (Å²) in [4.78, 5) is 70.3. The summed E-state index contributed by atoms with van der Waals surface area (Å²) in [5.41, 5.74) is 3.69. The first kappa shape index (κ1) is 49.6. The number of nitrogen functional groups attached to an aromatic ring is 1. The molecule has 4 aliphatic carbocycles. The second-order valence-corrected chi connectivity index (χ2v) is 23.2. The molecule has 18 heteroatoms. The normalized spacial score (nSPS) is 28.3. The molecule has 0 radical (unpaired) electrons. The van der Waals surface area contributed by atoms with Gasteiger partial charge in [0, 0.05) is 62.2 Å². The Morgan fingerprint density at radius 3 is 2.31 bits per heavy atom. The second-order valence-electron chi connectivity index (χ2n) is 20.7. The molecule has 3 fully saturated rings. The fraction of sp³-hybridized carbons (Fsp3) is 0.630. The predicted molar refractivity (Wildman–Crippen MR) is 296 cm³/mol. The van der Waals surface area contributed by atoms with Crippen molar-refractivity contribution in [2.24, 2.45) is 28.6 Å². The number of aromatic nitrogens is 4. The Hall–Kier alpha value is -4.65. The number of nitrogens with zero attached hydrogens (tertiary/aromatic N) is 5. The zero-order valence-corrected chi connectivity index (χ0v) is 43.6. The number of carboxylic acid groups (broad SMARTS) is 1. The number of halogens is 1. The lowest BCUT2D eigenvalue weighted by Gasteiger charge is -2.62. The number of alkyl halides is 1. The Morgan fingerprint density at radius 1 is 0.986 bits per heavy atom. The number of aliphatic hydroxyl groups is 2. The molecule has 0 saturated heterocycles. The van der Waals surface area contributed by atoms with Crippen LogP contribution in [0, 0.1) is 35.5 Å². The number of aliphatic hydroxyl groups excluding tert-OH is 1. The highest BCUT2D eigenvalue weighted by Crippen LogP contribution is 2.70. The molecule has 4 aliphatic rings. The monoisotopic (exact) mass is 1050 g/mol. The highest BCUT2D eigenvalue weighted by Gasteiger charge is 2.75. The van der Waals surface area contributed by atoms with Gasteiger partial charge in [0.05, 0.1) is 24.5 Å². The summed E-state index contributed by atoms with van der Waals surface area (Å²) in [6.45, 7) is 8.11. The molecule has 2 aromatic heterocycles. The van der Waals surface area contributed by atoms with E-state index in [9.17, 15) is 34.5 Å². The van der Waals surface area contributed by atoms with E-state index in [0.717, 1.165) is 55.1 Å². The molecule has 9 atom stereocenters. The fourth-order valence-corrected chi connectivity index (χ4v) is 14.0. The Kier molecular flexibility index (Phi) is 16.6. The number of anilines is 2. The number of nitrogens with two attached hydrogens (primary N) is 1. The Labute approximate surface area is 448 Å². The molecular weight excluding hydrogens is 956 g/mol. The van der Waals surface area contributed by atoms with Crippen LogP contribution in [-0.2, 0) is 20.9 Å². The van der Waals surface area contributed by atoms with Crippen molar-refractivity contribution in [3.8, 4) is 0 Å². The molecule has 0 aliphatic heterocycles. The third kappa shape index (κ3) is 11.7. The maximum absolute atomic E-state index is 17.5. The number of aryl methyl sites for hydroxylation is 1. The SMILES string of the molecule is C.Cc1nc(N)c2nc(CN(C)c3ccc(C(=O)N[C@@H](CCSCCCCCCCCCCSCCNC(=O)[C@@]4(O)[C@H](C)C[C@H]5C6CCC7=CC(=O)C=C[C@]7(C)[C@@]6(F)[C@@H](O)C[C@@]54C)C(=O)O)cc3)cnc2n1.[2H][2H].[2H][2H].[2H][2H].[2H][2H].[2H][2H]. The number of fused-ring (bicyclic) bond motifs is 6. The van der Waals surface area contributed by atoms with Gasteiger partial charge in [0.1, 0.15) is 11.9 Å². The van der Waals surface area contributed by atoms with Gasteiger partial charge in [-0.1, -0.05) is 71.4 Å². The van der Waals surface area contributed by atoms with Crippen molar-refractivity contribution in [1.82, 2.24) is 30.6 Å². The maximum Gasteiger partial charge on any atom is 0.326 e. The van der Waals surface area contributed by atoms with Crippen molar-refractivity contribution in [1.29, 1.82) is 0 Å². The summed E-state index contributed by atoms with van der Waals surface area (Å²) >= 11 is 3.50. The van der Waals surface area contributed by atoms with Crippen LogP contribution in [0.2, 0.25) is 0 Å². The summed E-state index contributed by atoms with van der Waals surface area (Å²) in [5, 5.41) is 39.3. The molecule has 1 aromatic carbocycles. The van der Waals surface area contributed by atoms with Gasteiger partial charge in [-0.15, -0.1) is 0 Å². The molecule has 0 bridgehead atoms. The van der Waals surface area contributed by atoms with E-state index < -0.39 is 63.9 Å². The molecule has 1 unspecified atom stereocenters. The van der Waals surface area contributed by atoms with Gasteiger partial charge in [0.15, 0.2) is 34.0 Å². The predicted octanol–water partition coefficient (Wildman–Crippen LogP) is 9.44. The van der Waals surface area contributed by atoms with E-state index in [-0.39, 0.29) is 31.4 Å². The van der Waals surface area contributed by atoms with E-state index in [1.54, 1.807) is 73.9 Å². The van der Waals surface area contributed by atoms with Gasteiger partial charge in [-0.3, -0.25) is 14.4 Å². The summed E-state index contributed by atoms with van der Waals surface area (Å²) in [6, 6.07) is 5.98. The Bertz CT molecular complexity index is 2530. The summed E-state index contributed by atoms with van der Waals surface area (Å²) in [5.74, 6) is 0.777. The number of ketones is 1. The minimum atomic E-state index is -2.00. The van der Waals surface area contributed by atoms with Crippen LogP contribution in [0.15, 0.2) is 54.3 Å². The molecular formula is C54H87FN8O7S2. The zero-order chi connectivity index (χ0) is 61.1. The number of hydrogen-bond donors (Lipinski definition) is 6. The highest BCUT2D eigenvalue weighted by atomic mass is 32.2. The quantitative estimate of drug-likeness (QED) is 0.0459. The van der Waals surface area contributed by atoms with Crippen LogP contribution in [0.4, 0.5) is 15.9 Å². The molecule has 2 amide bonds. The van der Waals surface area contributed by atoms with Crippen LogP contribution in [-0.4, -0.2) is 119 Å². The van der Waals surface area contributed by atoms with Crippen molar-refractivity contribution >= 4 is 69.8 Å². The van der Waals surface area contributed by atoms with Crippen molar-refractivity contribution in [2.45, 2.75) is 149 Å². The third-order valence-corrected chi connectivity index (χ3v) is 18.3. The molecule has 72 heavy (non-hydrogen) atoms. The molecule has 3 saturated carbocycles. The highest BCUT2D eigenvalue weighted by molar-refractivity contribution is 7.99. The van der Waals surface area contributed by atoms with Crippen LogP contribution >= 0.6 is 23.5 Å².